The quantitative estimate of drug-likeness (QED) is 0.700. The third-order valence-corrected chi connectivity index (χ3v) is 5.87. The lowest BCUT2D eigenvalue weighted by atomic mass is 9.99. The van der Waals surface area contributed by atoms with E-state index in [-0.39, 0.29) is 11.6 Å². The van der Waals surface area contributed by atoms with Crippen LogP contribution in [-0.2, 0) is 5.54 Å². The van der Waals surface area contributed by atoms with Crippen LogP contribution in [0.25, 0.3) is 0 Å². The minimum Gasteiger partial charge on any atom is -0.494 e. The second-order valence-electron chi connectivity index (χ2n) is 8.17. The summed E-state index contributed by atoms with van der Waals surface area (Å²) in [4.78, 5) is 3.13. The molecule has 148 valence electrons. The summed E-state index contributed by atoms with van der Waals surface area (Å²) in [6.45, 7) is 13.8. The van der Waals surface area contributed by atoms with Crippen LogP contribution in [-0.4, -0.2) is 60.0 Å². The number of quaternary nitrogens is 2. The first-order valence-corrected chi connectivity index (χ1v) is 10.1. The molecule has 1 atom stereocenters. The van der Waals surface area contributed by atoms with E-state index in [4.69, 9.17) is 4.74 Å². The first-order valence-electron chi connectivity index (χ1n) is 10.1. The molecule has 1 aromatic heterocycles. The second kappa shape index (κ2) is 8.35. The number of tetrazole rings is 1. The number of likely N-dealkylation sites (N-methyl/N-ethyl adjacent to an activating group) is 1. The minimum absolute atomic E-state index is 0.111. The van der Waals surface area contributed by atoms with Crippen LogP contribution in [0.1, 0.15) is 51.5 Å². The highest BCUT2D eigenvalue weighted by atomic mass is 16.5. The SMILES string of the molecule is CCOc1ccc([C@H](c2nnnn2C(C)(C)CC)[NH+]2CC[NH+](C)CC2)cc1. The number of aromatic nitrogens is 4. The normalized spacial score (nSPS) is 21.8. The van der Waals surface area contributed by atoms with Gasteiger partial charge in [-0.3, -0.25) is 0 Å². The molecule has 0 radical (unpaired) electrons. The molecule has 0 unspecified atom stereocenters. The molecule has 2 N–H and O–H groups in total. The molecule has 0 spiro atoms. The molecule has 0 amide bonds. The summed E-state index contributed by atoms with van der Waals surface area (Å²) >= 11 is 0. The van der Waals surface area contributed by atoms with Crippen molar-refractivity contribution in [2.24, 2.45) is 0 Å². The summed E-state index contributed by atoms with van der Waals surface area (Å²) in [6.07, 6.45) is 0.975. The first kappa shape index (κ1) is 19.8. The molecule has 3 rings (SSSR count). The van der Waals surface area contributed by atoms with Crippen molar-refractivity contribution >= 4 is 0 Å². The Bertz CT molecular complexity index is 718. The molecule has 1 fully saturated rings. The number of piperazine rings is 1. The maximum atomic E-state index is 5.63. The van der Waals surface area contributed by atoms with Crippen molar-refractivity contribution in [2.45, 2.75) is 45.7 Å². The van der Waals surface area contributed by atoms with Gasteiger partial charge in [0.15, 0.2) is 6.04 Å². The number of ether oxygens (including phenoxy) is 1. The molecule has 0 aliphatic carbocycles. The number of rotatable bonds is 7. The number of nitrogens with one attached hydrogen (secondary N) is 2. The van der Waals surface area contributed by atoms with Crippen molar-refractivity contribution in [3.8, 4) is 5.75 Å². The van der Waals surface area contributed by atoms with Crippen LogP contribution in [0.4, 0.5) is 0 Å². The van der Waals surface area contributed by atoms with Gasteiger partial charge in [-0.25, -0.2) is 4.68 Å². The molecule has 1 aromatic carbocycles. The van der Waals surface area contributed by atoms with Crippen LogP contribution in [0, 0.1) is 0 Å². The molecule has 7 nitrogen and oxygen atoms in total. The van der Waals surface area contributed by atoms with Crippen molar-refractivity contribution in [3.05, 3.63) is 35.7 Å². The van der Waals surface area contributed by atoms with Gasteiger partial charge in [0, 0.05) is 5.56 Å². The molecule has 1 aliphatic rings. The molecule has 1 saturated heterocycles. The monoisotopic (exact) mass is 374 g/mol. The Balaban J connectivity index is 2.00. The van der Waals surface area contributed by atoms with E-state index in [1.165, 1.54) is 23.6 Å². The molecule has 27 heavy (non-hydrogen) atoms. The number of hydrogen-bond donors (Lipinski definition) is 2. The fraction of sp³-hybridized carbons (Fsp3) is 0.650. The molecule has 7 heteroatoms. The van der Waals surface area contributed by atoms with Crippen LogP contribution in [0.2, 0.25) is 0 Å². The van der Waals surface area contributed by atoms with Crippen LogP contribution in [0.5, 0.6) is 5.75 Å². The Hall–Kier alpha value is -1.99. The predicted molar refractivity (Wildman–Crippen MR) is 104 cm³/mol. The maximum Gasteiger partial charge on any atom is 0.214 e. The highest BCUT2D eigenvalue weighted by Crippen LogP contribution is 2.25. The summed E-state index contributed by atoms with van der Waals surface area (Å²) in [7, 11) is 2.27. The zero-order chi connectivity index (χ0) is 19.4. The van der Waals surface area contributed by atoms with Gasteiger partial charge in [-0.1, -0.05) is 6.92 Å². The topological polar surface area (TPSA) is 61.7 Å². The summed E-state index contributed by atoms with van der Waals surface area (Å²) in [5.41, 5.74) is 1.13. The molecule has 2 aromatic rings. The van der Waals surface area contributed by atoms with Gasteiger partial charge in [0.1, 0.15) is 31.9 Å². The van der Waals surface area contributed by atoms with E-state index >= 15 is 0 Å². The highest BCUT2D eigenvalue weighted by Gasteiger charge is 2.37. The summed E-state index contributed by atoms with van der Waals surface area (Å²) in [6, 6.07) is 8.60. The minimum atomic E-state index is -0.111. The van der Waals surface area contributed by atoms with Gasteiger partial charge in [-0.05, 0) is 61.9 Å². The number of hydrogen-bond acceptors (Lipinski definition) is 4. The number of nitrogens with zero attached hydrogens (tertiary/aromatic N) is 4. The standard InChI is InChI=1S/C20H32N6O/c1-6-20(3,4)26-19(21-22-23-26)18(25-14-12-24(5)13-15-25)16-8-10-17(11-9-16)27-7-2/h8-11,18H,6-7,12-15H2,1-5H3/p+2/t18-/m1/s1. The average molecular weight is 375 g/mol. The molecular formula is C20H34N6O+2. The van der Waals surface area contributed by atoms with Gasteiger partial charge in [0.05, 0.1) is 19.2 Å². The van der Waals surface area contributed by atoms with Crippen molar-refractivity contribution in [1.82, 2.24) is 20.2 Å². The zero-order valence-corrected chi connectivity index (χ0v) is 17.3. The second-order valence-corrected chi connectivity index (χ2v) is 8.17. The van der Waals surface area contributed by atoms with E-state index in [1.54, 1.807) is 4.90 Å². The van der Waals surface area contributed by atoms with Gasteiger partial charge in [0.2, 0.25) is 5.82 Å². The molecule has 2 heterocycles. The van der Waals surface area contributed by atoms with E-state index in [9.17, 15) is 0 Å². The Morgan fingerprint density at radius 2 is 1.78 bits per heavy atom. The van der Waals surface area contributed by atoms with E-state index in [0.717, 1.165) is 31.1 Å². The molecule has 0 bridgehead atoms. The fourth-order valence-corrected chi connectivity index (χ4v) is 3.73. The maximum absolute atomic E-state index is 5.63. The van der Waals surface area contributed by atoms with Crippen molar-refractivity contribution < 1.29 is 14.5 Å². The largest absolute Gasteiger partial charge is 0.494 e. The highest BCUT2D eigenvalue weighted by molar-refractivity contribution is 5.30. The van der Waals surface area contributed by atoms with Gasteiger partial charge < -0.3 is 14.5 Å². The first-order chi connectivity index (χ1) is 13.0. The lowest BCUT2D eigenvalue weighted by Gasteiger charge is -2.34. The van der Waals surface area contributed by atoms with E-state index < -0.39 is 0 Å². The van der Waals surface area contributed by atoms with E-state index in [1.807, 2.05) is 11.6 Å². The summed E-state index contributed by atoms with van der Waals surface area (Å²) in [5, 5.41) is 12.9. The smallest absolute Gasteiger partial charge is 0.214 e. The van der Waals surface area contributed by atoms with Crippen LogP contribution < -0.4 is 14.5 Å². The Morgan fingerprint density at radius 3 is 2.37 bits per heavy atom. The Kier molecular flexibility index (Phi) is 6.11. The van der Waals surface area contributed by atoms with Crippen molar-refractivity contribution in [1.29, 1.82) is 0 Å². The van der Waals surface area contributed by atoms with Crippen LogP contribution >= 0.6 is 0 Å². The average Bonchev–Trinajstić information content (AvgIpc) is 3.15. The van der Waals surface area contributed by atoms with Crippen LogP contribution in [0.3, 0.4) is 0 Å². The third kappa shape index (κ3) is 4.30. The van der Waals surface area contributed by atoms with Gasteiger partial charge in [0.25, 0.3) is 0 Å². The molecule has 0 saturated carbocycles. The molecular weight excluding hydrogens is 340 g/mol. The summed E-state index contributed by atoms with van der Waals surface area (Å²) in [5.74, 6) is 1.87. The molecule has 1 aliphatic heterocycles. The fourth-order valence-electron chi connectivity index (χ4n) is 3.73. The lowest BCUT2D eigenvalue weighted by Crippen LogP contribution is -3.27. The number of benzene rings is 1. The Labute approximate surface area is 162 Å². The van der Waals surface area contributed by atoms with Crippen molar-refractivity contribution in [2.75, 3.05) is 39.8 Å². The van der Waals surface area contributed by atoms with Crippen molar-refractivity contribution in [3.63, 3.8) is 0 Å². The van der Waals surface area contributed by atoms with Gasteiger partial charge in [-0.15, -0.1) is 5.10 Å². The van der Waals surface area contributed by atoms with Gasteiger partial charge in [-0.2, -0.15) is 0 Å². The van der Waals surface area contributed by atoms with Crippen LogP contribution in [0.15, 0.2) is 24.3 Å². The summed E-state index contributed by atoms with van der Waals surface area (Å²) < 4.78 is 7.66. The van der Waals surface area contributed by atoms with E-state index in [2.05, 4.69) is 67.6 Å². The third-order valence-electron chi connectivity index (χ3n) is 5.87. The zero-order valence-electron chi connectivity index (χ0n) is 17.3. The lowest BCUT2D eigenvalue weighted by molar-refractivity contribution is -1.02. The van der Waals surface area contributed by atoms with E-state index in [0.29, 0.717) is 6.61 Å². The Morgan fingerprint density at radius 1 is 1.11 bits per heavy atom. The predicted octanol–water partition coefficient (Wildman–Crippen LogP) is -0.280. The van der Waals surface area contributed by atoms with Gasteiger partial charge >= 0.3 is 0 Å².